The number of piperidine rings is 1. The second-order valence-corrected chi connectivity index (χ2v) is 6.40. The predicted molar refractivity (Wildman–Crippen MR) is 97.0 cm³/mol. The minimum Gasteiger partial charge on any atom is -0.380 e. The number of carbonyl (C=O) groups excluding carboxylic acids is 2. The van der Waals surface area contributed by atoms with Gasteiger partial charge in [-0.25, -0.2) is 4.79 Å². The summed E-state index contributed by atoms with van der Waals surface area (Å²) in [5.74, 6) is -0.717. The Hall–Kier alpha value is -2.45. The third-order valence-electron chi connectivity index (χ3n) is 4.59. The molecular formula is C18H24N4O4. The molecule has 140 valence electrons. The number of carbonyl (C=O) groups is 2. The van der Waals surface area contributed by atoms with Gasteiger partial charge < -0.3 is 15.0 Å². The Kier molecular flexibility index (Phi) is 5.85. The fraction of sp³-hybridized carbons (Fsp3) is 0.500. The fourth-order valence-electron chi connectivity index (χ4n) is 3.30. The lowest BCUT2D eigenvalue weighted by molar-refractivity contribution is -0.135. The van der Waals surface area contributed by atoms with E-state index in [9.17, 15) is 14.4 Å². The van der Waals surface area contributed by atoms with Gasteiger partial charge in [-0.15, -0.1) is 0 Å². The molecule has 0 saturated carbocycles. The molecule has 1 fully saturated rings. The van der Waals surface area contributed by atoms with Crippen LogP contribution < -0.4 is 16.3 Å². The number of nitrogens with zero attached hydrogens (tertiary/aromatic N) is 1. The maximum absolute atomic E-state index is 12.5. The number of aryl methyl sites for hydroxylation is 1. The van der Waals surface area contributed by atoms with Crippen molar-refractivity contribution in [2.75, 3.05) is 26.8 Å². The summed E-state index contributed by atoms with van der Waals surface area (Å²) in [6.45, 7) is 2.14. The van der Waals surface area contributed by atoms with Crippen LogP contribution in [0.5, 0.6) is 0 Å². The highest BCUT2D eigenvalue weighted by molar-refractivity contribution is 6.00. The number of imidazole rings is 1. The molecule has 8 heteroatoms. The molecule has 1 atom stereocenters. The van der Waals surface area contributed by atoms with E-state index >= 15 is 0 Å². The number of nitrogens with one attached hydrogen (secondary N) is 3. The number of likely N-dealkylation sites (N-methyl/N-ethyl adjacent to an activating group) is 1. The van der Waals surface area contributed by atoms with Gasteiger partial charge in [0.25, 0.3) is 0 Å². The number of ether oxygens (including phenoxy) is 1. The van der Waals surface area contributed by atoms with Gasteiger partial charge >= 0.3 is 5.69 Å². The van der Waals surface area contributed by atoms with Crippen molar-refractivity contribution in [1.29, 1.82) is 0 Å². The molecule has 0 radical (unpaired) electrons. The highest BCUT2D eigenvalue weighted by Gasteiger charge is 2.30. The molecule has 2 heterocycles. The van der Waals surface area contributed by atoms with Crippen molar-refractivity contribution in [3.05, 3.63) is 34.2 Å². The summed E-state index contributed by atoms with van der Waals surface area (Å²) in [6, 6.07) is 5.02. The quantitative estimate of drug-likeness (QED) is 0.469. The van der Waals surface area contributed by atoms with Crippen molar-refractivity contribution in [3.8, 4) is 0 Å². The molecule has 26 heavy (non-hydrogen) atoms. The Labute approximate surface area is 150 Å². The number of H-pyrrole nitrogens is 1. The maximum Gasteiger partial charge on any atom is 0.327 e. The zero-order valence-electron chi connectivity index (χ0n) is 14.8. The van der Waals surface area contributed by atoms with Crippen molar-refractivity contribution in [1.82, 2.24) is 20.2 Å². The van der Waals surface area contributed by atoms with Crippen LogP contribution in [0.3, 0.4) is 0 Å². The third kappa shape index (κ3) is 3.86. The molecule has 1 saturated heterocycles. The van der Waals surface area contributed by atoms with Gasteiger partial charge in [0.2, 0.25) is 11.8 Å². The Bertz CT molecular complexity index is 854. The van der Waals surface area contributed by atoms with Gasteiger partial charge in [-0.1, -0.05) is 12.1 Å². The van der Waals surface area contributed by atoms with Crippen LogP contribution in [0.15, 0.2) is 23.0 Å². The Morgan fingerprint density at radius 1 is 1.27 bits per heavy atom. The topological polar surface area (TPSA) is 105 Å². The van der Waals surface area contributed by atoms with Crippen LogP contribution in [0.1, 0.15) is 30.9 Å². The Morgan fingerprint density at radius 2 is 2.12 bits per heavy atom. The molecule has 8 nitrogen and oxygen atoms in total. The number of hydrogen-bond acceptors (Lipinski definition) is 5. The van der Waals surface area contributed by atoms with Crippen LogP contribution in [0.25, 0.3) is 11.0 Å². The molecule has 1 aromatic carbocycles. The van der Waals surface area contributed by atoms with E-state index in [1.807, 2.05) is 25.2 Å². The number of para-hydroxylation sites is 1. The number of hydrogen-bond donors (Lipinski definition) is 3. The number of fused-ring (bicyclic) bond motifs is 1. The SMILES string of the molecule is CNCCOCCCc1cccc2c1[nH]c(=O)n2C1CCC(=O)NC1=O. The van der Waals surface area contributed by atoms with Gasteiger partial charge in [-0.3, -0.25) is 19.5 Å². The molecule has 3 rings (SSSR count). The molecule has 1 aliphatic heterocycles. The van der Waals surface area contributed by atoms with E-state index in [-0.39, 0.29) is 18.0 Å². The van der Waals surface area contributed by atoms with Crippen molar-refractivity contribution >= 4 is 22.8 Å². The first kappa shape index (κ1) is 18.3. The smallest absolute Gasteiger partial charge is 0.327 e. The first-order valence-corrected chi connectivity index (χ1v) is 8.90. The maximum atomic E-state index is 12.5. The average molecular weight is 360 g/mol. The van der Waals surface area contributed by atoms with Crippen molar-refractivity contribution in [2.45, 2.75) is 31.7 Å². The summed E-state index contributed by atoms with van der Waals surface area (Å²) in [4.78, 5) is 38.9. The van der Waals surface area contributed by atoms with Gasteiger partial charge in [0.15, 0.2) is 0 Å². The molecule has 0 spiro atoms. The molecule has 2 amide bonds. The minimum absolute atomic E-state index is 0.235. The number of amides is 2. The molecule has 1 aromatic heterocycles. The number of aromatic nitrogens is 2. The number of rotatable bonds is 8. The predicted octanol–water partition coefficient (Wildman–Crippen LogP) is 0.476. The van der Waals surface area contributed by atoms with Crippen LogP contribution in [-0.4, -0.2) is 48.2 Å². The van der Waals surface area contributed by atoms with Crippen LogP contribution in [0, 0.1) is 0 Å². The molecule has 2 aromatic rings. The summed E-state index contributed by atoms with van der Waals surface area (Å²) in [5, 5.41) is 5.34. The standard InChI is InChI=1S/C18H24N4O4/c1-19-9-11-26-10-3-5-12-4-2-6-13-16(12)21-18(25)22(13)14-7-8-15(23)20-17(14)24/h2,4,6,14,19H,3,5,7-11H2,1H3,(H,21,25)(H,20,23,24). The van der Waals surface area contributed by atoms with Crippen LogP contribution >= 0.6 is 0 Å². The molecular weight excluding hydrogens is 336 g/mol. The lowest BCUT2D eigenvalue weighted by atomic mass is 10.0. The van der Waals surface area contributed by atoms with Crippen molar-refractivity contribution in [2.24, 2.45) is 0 Å². The van der Waals surface area contributed by atoms with Gasteiger partial charge in [-0.2, -0.15) is 0 Å². The fourth-order valence-corrected chi connectivity index (χ4v) is 3.30. The summed E-state index contributed by atoms with van der Waals surface area (Å²) in [7, 11) is 1.88. The van der Waals surface area contributed by atoms with Crippen LogP contribution in [0.4, 0.5) is 0 Å². The van der Waals surface area contributed by atoms with E-state index in [1.54, 1.807) is 0 Å². The first-order chi connectivity index (χ1) is 12.6. The number of aromatic amines is 1. The van der Waals surface area contributed by atoms with Crippen LogP contribution in [0.2, 0.25) is 0 Å². The summed E-state index contributed by atoms with van der Waals surface area (Å²) >= 11 is 0. The number of imide groups is 1. The Balaban J connectivity index is 1.78. The molecule has 0 aliphatic carbocycles. The lowest BCUT2D eigenvalue weighted by Crippen LogP contribution is -2.43. The van der Waals surface area contributed by atoms with E-state index in [2.05, 4.69) is 15.6 Å². The highest BCUT2D eigenvalue weighted by Crippen LogP contribution is 2.24. The number of benzene rings is 1. The highest BCUT2D eigenvalue weighted by atomic mass is 16.5. The summed E-state index contributed by atoms with van der Waals surface area (Å²) < 4.78 is 6.99. The van der Waals surface area contributed by atoms with E-state index < -0.39 is 11.9 Å². The molecule has 0 bridgehead atoms. The van der Waals surface area contributed by atoms with Crippen LogP contribution in [-0.2, 0) is 20.7 Å². The first-order valence-electron chi connectivity index (χ1n) is 8.90. The van der Waals surface area contributed by atoms with Gasteiger partial charge in [0.1, 0.15) is 6.04 Å². The van der Waals surface area contributed by atoms with Gasteiger partial charge in [0.05, 0.1) is 17.6 Å². The monoisotopic (exact) mass is 360 g/mol. The van der Waals surface area contributed by atoms with E-state index in [1.165, 1.54) is 4.57 Å². The van der Waals surface area contributed by atoms with Gasteiger partial charge in [0, 0.05) is 19.6 Å². The zero-order valence-corrected chi connectivity index (χ0v) is 14.8. The normalized spacial score (nSPS) is 17.7. The van der Waals surface area contributed by atoms with Crippen molar-refractivity contribution < 1.29 is 14.3 Å². The Morgan fingerprint density at radius 3 is 2.88 bits per heavy atom. The van der Waals surface area contributed by atoms with E-state index in [4.69, 9.17) is 4.74 Å². The molecule has 1 unspecified atom stereocenters. The minimum atomic E-state index is -0.658. The third-order valence-corrected chi connectivity index (χ3v) is 4.59. The van der Waals surface area contributed by atoms with E-state index in [0.29, 0.717) is 25.2 Å². The summed E-state index contributed by atoms with van der Waals surface area (Å²) in [6.07, 6.45) is 2.18. The second kappa shape index (κ2) is 8.29. The second-order valence-electron chi connectivity index (χ2n) is 6.40. The van der Waals surface area contributed by atoms with Gasteiger partial charge in [-0.05, 0) is 37.9 Å². The molecule has 3 N–H and O–H groups in total. The lowest BCUT2D eigenvalue weighted by Gasteiger charge is -2.21. The largest absolute Gasteiger partial charge is 0.380 e. The zero-order chi connectivity index (χ0) is 18.5. The summed E-state index contributed by atoms with van der Waals surface area (Å²) in [5.41, 5.74) is 2.13. The van der Waals surface area contributed by atoms with E-state index in [0.717, 1.165) is 30.5 Å². The van der Waals surface area contributed by atoms with Crippen molar-refractivity contribution in [3.63, 3.8) is 0 Å². The average Bonchev–Trinajstić information content (AvgIpc) is 2.95. The molecule has 1 aliphatic rings.